The van der Waals surface area contributed by atoms with Gasteiger partial charge in [0, 0.05) is 57.3 Å². The standard InChI is InChI=1S/C21H26N6O/c1-15-5-4-6-17(11-15)18-22-12-16(13-23-18)14-27-9-7-21(8-10-27)19(28)24-20(25-21)26(2)3/h4-6,11-13H,7-10,14H2,1-3H3,(H,24,25,28). The number of likely N-dealkylation sites (tertiary alicyclic amines) is 1. The molecule has 1 fully saturated rings. The monoisotopic (exact) mass is 378 g/mol. The molecule has 0 bridgehead atoms. The van der Waals surface area contributed by atoms with Crippen LogP contribution >= 0.6 is 0 Å². The molecule has 0 unspecified atom stereocenters. The summed E-state index contributed by atoms with van der Waals surface area (Å²) in [6.45, 7) is 4.52. The third-order valence-electron chi connectivity index (χ3n) is 5.46. The van der Waals surface area contributed by atoms with Crippen LogP contribution in [-0.2, 0) is 11.3 Å². The van der Waals surface area contributed by atoms with E-state index in [1.165, 1.54) is 5.56 Å². The van der Waals surface area contributed by atoms with Crippen molar-refractivity contribution < 1.29 is 4.79 Å². The molecule has 2 aliphatic heterocycles. The molecule has 0 aliphatic carbocycles. The zero-order valence-electron chi connectivity index (χ0n) is 16.6. The summed E-state index contributed by atoms with van der Waals surface area (Å²) in [5.41, 5.74) is 2.72. The Bertz CT molecular complexity index is 897. The average molecular weight is 378 g/mol. The molecule has 0 saturated carbocycles. The van der Waals surface area contributed by atoms with E-state index in [0.29, 0.717) is 5.96 Å². The van der Waals surface area contributed by atoms with E-state index in [4.69, 9.17) is 0 Å². The third kappa shape index (κ3) is 3.62. The number of aliphatic imine (C=N–C) groups is 1. The molecule has 7 nitrogen and oxygen atoms in total. The SMILES string of the molecule is Cc1cccc(-c2ncc(CN3CCC4(CC3)N=C(N(C)C)NC4=O)cn2)c1. The number of carbonyl (C=O) groups excluding carboxylic acids is 1. The number of aromatic nitrogens is 2. The second-order valence-electron chi connectivity index (χ2n) is 7.88. The number of hydrogen-bond donors (Lipinski definition) is 1. The molecule has 2 aliphatic rings. The van der Waals surface area contributed by atoms with Gasteiger partial charge in [-0.2, -0.15) is 0 Å². The van der Waals surface area contributed by atoms with Crippen molar-refractivity contribution in [2.45, 2.75) is 31.8 Å². The lowest BCUT2D eigenvalue weighted by Crippen LogP contribution is -2.49. The van der Waals surface area contributed by atoms with Crippen molar-refractivity contribution in [3.8, 4) is 11.4 Å². The molecule has 1 saturated heterocycles. The van der Waals surface area contributed by atoms with Gasteiger partial charge in [0.1, 0.15) is 5.54 Å². The van der Waals surface area contributed by atoms with Crippen LogP contribution in [0.2, 0.25) is 0 Å². The highest BCUT2D eigenvalue weighted by atomic mass is 16.2. The molecular weight excluding hydrogens is 352 g/mol. The Balaban J connectivity index is 1.38. The van der Waals surface area contributed by atoms with Gasteiger partial charge in [0.05, 0.1) is 0 Å². The van der Waals surface area contributed by atoms with E-state index in [0.717, 1.165) is 49.4 Å². The highest BCUT2D eigenvalue weighted by Crippen LogP contribution is 2.30. The minimum atomic E-state index is -0.596. The smallest absolute Gasteiger partial charge is 0.254 e. The fraction of sp³-hybridized carbons (Fsp3) is 0.429. The number of hydrogen-bond acceptors (Lipinski definition) is 6. The van der Waals surface area contributed by atoms with Crippen LogP contribution in [-0.4, -0.2) is 64.4 Å². The Morgan fingerprint density at radius 3 is 2.50 bits per heavy atom. The number of rotatable bonds is 3. The van der Waals surface area contributed by atoms with Crippen molar-refractivity contribution >= 4 is 11.9 Å². The molecular formula is C21H26N6O. The minimum Gasteiger partial charge on any atom is -0.349 e. The molecule has 1 amide bonds. The van der Waals surface area contributed by atoms with Crippen molar-refractivity contribution in [2.24, 2.45) is 4.99 Å². The van der Waals surface area contributed by atoms with Gasteiger partial charge in [-0.15, -0.1) is 0 Å². The second-order valence-corrected chi connectivity index (χ2v) is 7.88. The fourth-order valence-corrected chi connectivity index (χ4v) is 3.76. The number of nitrogens with one attached hydrogen (secondary N) is 1. The van der Waals surface area contributed by atoms with E-state index in [1.807, 2.05) is 43.5 Å². The van der Waals surface area contributed by atoms with Crippen LogP contribution in [0.3, 0.4) is 0 Å². The molecule has 3 heterocycles. The molecule has 0 atom stereocenters. The van der Waals surface area contributed by atoms with Gasteiger partial charge in [-0.25, -0.2) is 15.0 Å². The molecule has 2 aromatic rings. The first-order valence-electron chi connectivity index (χ1n) is 9.64. The molecule has 1 N–H and O–H groups in total. The first-order valence-corrected chi connectivity index (χ1v) is 9.64. The average Bonchev–Trinajstić information content (AvgIpc) is 3.01. The summed E-state index contributed by atoms with van der Waals surface area (Å²) < 4.78 is 0. The van der Waals surface area contributed by atoms with Crippen LogP contribution in [0.1, 0.15) is 24.0 Å². The van der Waals surface area contributed by atoms with Crippen LogP contribution in [0.4, 0.5) is 0 Å². The highest BCUT2D eigenvalue weighted by Gasteiger charge is 2.46. The van der Waals surface area contributed by atoms with Crippen molar-refractivity contribution in [2.75, 3.05) is 27.2 Å². The summed E-state index contributed by atoms with van der Waals surface area (Å²) in [4.78, 5) is 30.4. The van der Waals surface area contributed by atoms with Crippen molar-refractivity contribution in [1.82, 2.24) is 25.1 Å². The predicted octanol–water partition coefficient (Wildman–Crippen LogP) is 1.83. The van der Waals surface area contributed by atoms with Crippen LogP contribution in [0.15, 0.2) is 41.7 Å². The zero-order chi connectivity index (χ0) is 19.7. The van der Waals surface area contributed by atoms with Gasteiger partial charge in [-0.3, -0.25) is 15.0 Å². The van der Waals surface area contributed by atoms with E-state index in [-0.39, 0.29) is 5.91 Å². The van der Waals surface area contributed by atoms with Gasteiger partial charge in [0.25, 0.3) is 5.91 Å². The summed E-state index contributed by atoms with van der Waals surface area (Å²) in [5.74, 6) is 1.44. The van der Waals surface area contributed by atoms with E-state index in [1.54, 1.807) is 0 Å². The molecule has 7 heteroatoms. The van der Waals surface area contributed by atoms with Crippen molar-refractivity contribution in [3.05, 3.63) is 47.8 Å². The van der Waals surface area contributed by atoms with Crippen LogP contribution in [0.25, 0.3) is 11.4 Å². The van der Waals surface area contributed by atoms with Gasteiger partial charge in [-0.1, -0.05) is 23.8 Å². The van der Waals surface area contributed by atoms with Crippen molar-refractivity contribution in [1.29, 1.82) is 0 Å². The lowest BCUT2D eigenvalue weighted by atomic mass is 9.88. The molecule has 4 rings (SSSR count). The molecule has 28 heavy (non-hydrogen) atoms. The largest absolute Gasteiger partial charge is 0.349 e. The second kappa shape index (κ2) is 7.31. The number of benzene rings is 1. The van der Waals surface area contributed by atoms with Gasteiger partial charge in [0.15, 0.2) is 5.82 Å². The Hall–Kier alpha value is -2.80. The zero-order valence-corrected chi connectivity index (χ0v) is 16.6. The predicted molar refractivity (Wildman–Crippen MR) is 109 cm³/mol. The van der Waals surface area contributed by atoms with E-state index in [9.17, 15) is 4.79 Å². The molecule has 1 aromatic heterocycles. The van der Waals surface area contributed by atoms with Crippen LogP contribution < -0.4 is 5.32 Å². The molecule has 146 valence electrons. The van der Waals surface area contributed by atoms with Crippen LogP contribution in [0, 0.1) is 6.92 Å². The van der Waals surface area contributed by atoms with Gasteiger partial charge >= 0.3 is 0 Å². The molecule has 0 radical (unpaired) electrons. The normalized spacial score (nSPS) is 18.8. The van der Waals surface area contributed by atoms with Gasteiger partial charge in [0.2, 0.25) is 5.96 Å². The first-order chi connectivity index (χ1) is 13.4. The third-order valence-corrected chi connectivity index (χ3v) is 5.46. The number of guanidine groups is 1. The number of aryl methyl sites for hydroxylation is 1. The number of nitrogens with zero attached hydrogens (tertiary/aromatic N) is 5. The number of amides is 1. The Morgan fingerprint density at radius 2 is 1.89 bits per heavy atom. The number of carbonyl (C=O) groups is 1. The maximum atomic E-state index is 12.4. The topological polar surface area (TPSA) is 73.7 Å². The summed E-state index contributed by atoms with van der Waals surface area (Å²) in [7, 11) is 3.79. The maximum Gasteiger partial charge on any atom is 0.254 e. The summed E-state index contributed by atoms with van der Waals surface area (Å²) in [6, 6.07) is 8.21. The Morgan fingerprint density at radius 1 is 1.18 bits per heavy atom. The fourth-order valence-electron chi connectivity index (χ4n) is 3.76. The van der Waals surface area contributed by atoms with E-state index in [2.05, 4.69) is 44.2 Å². The highest BCUT2D eigenvalue weighted by molar-refractivity contribution is 6.07. The van der Waals surface area contributed by atoms with E-state index >= 15 is 0 Å². The van der Waals surface area contributed by atoms with Crippen molar-refractivity contribution in [3.63, 3.8) is 0 Å². The van der Waals surface area contributed by atoms with Gasteiger partial charge in [-0.05, 0) is 25.8 Å². The van der Waals surface area contributed by atoms with Gasteiger partial charge < -0.3 is 4.90 Å². The summed E-state index contributed by atoms with van der Waals surface area (Å²) in [5, 5.41) is 2.90. The minimum absolute atomic E-state index is 0.0293. The molecule has 1 aromatic carbocycles. The molecule has 1 spiro atoms. The number of piperidine rings is 1. The Labute approximate surface area is 165 Å². The first kappa shape index (κ1) is 18.6. The lowest BCUT2D eigenvalue weighted by molar-refractivity contribution is -0.125. The van der Waals surface area contributed by atoms with E-state index < -0.39 is 5.54 Å². The van der Waals surface area contributed by atoms with Crippen LogP contribution in [0.5, 0.6) is 0 Å². The lowest BCUT2D eigenvalue weighted by Gasteiger charge is -2.35. The Kier molecular flexibility index (Phi) is 4.85. The summed E-state index contributed by atoms with van der Waals surface area (Å²) in [6.07, 6.45) is 5.27. The quantitative estimate of drug-likeness (QED) is 0.882. The maximum absolute atomic E-state index is 12.4. The summed E-state index contributed by atoms with van der Waals surface area (Å²) >= 11 is 0.